The molecule has 2 aromatic carbocycles. The fourth-order valence-corrected chi connectivity index (χ4v) is 6.70. The average Bonchev–Trinajstić information content (AvgIpc) is 3.34. The van der Waals surface area contributed by atoms with Crippen molar-refractivity contribution in [1.82, 2.24) is 10.3 Å². The van der Waals surface area contributed by atoms with Gasteiger partial charge in [0.1, 0.15) is 6.04 Å². The van der Waals surface area contributed by atoms with Crippen LogP contribution in [0, 0.1) is 0 Å². The van der Waals surface area contributed by atoms with E-state index in [2.05, 4.69) is 20.9 Å². The second-order valence-corrected chi connectivity index (χ2v) is 12.5. The van der Waals surface area contributed by atoms with Crippen LogP contribution in [0.15, 0.2) is 34.4 Å². The Morgan fingerprint density at radius 2 is 1.87 bits per heavy atom. The summed E-state index contributed by atoms with van der Waals surface area (Å²) in [7, 11) is 4.62. The van der Waals surface area contributed by atoms with Gasteiger partial charge in [-0.25, -0.2) is 4.98 Å². The highest BCUT2D eigenvalue weighted by molar-refractivity contribution is 7.98. The van der Waals surface area contributed by atoms with Crippen LogP contribution in [0.25, 0.3) is 11.1 Å². The fourth-order valence-electron chi connectivity index (χ4n) is 5.52. The molecule has 47 heavy (non-hydrogen) atoms. The number of aromatic nitrogens is 1. The number of hydrogen-bond donors (Lipinski definition) is 3. The van der Waals surface area contributed by atoms with E-state index >= 15 is 0 Å². The molecule has 0 radical (unpaired) electrons. The third-order valence-corrected chi connectivity index (χ3v) is 9.04. The second-order valence-electron chi connectivity index (χ2n) is 10.7. The summed E-state index contributed by atoms with van der Waals surface area (Å²) in [6, 6.07) is 5.62. The minimum Gasteiger partial charge on any atom is -0.493 e. The third-order valence-electron chi connectivity index (χ3n) is 7.59. The van der Waals surface area contributed by atoms with Gasteiger partial charge in [-0.3, -0.25) is 19.2 Å². The van der Waals surface area contributed by atoms with E-state index in [1.54, 1.807) is 50.4 Å². The van der Waals surface area contributed by atoms with Gasteiger partial charge in [-0.15, -0.1) is 11.3 Å². The number of fused-ring (bicyclic) bond motifs is 3. The SMILES string of the molecule is CCOC(=O)Cc1csc(NC(=O)[C@@H](CCSC)Nc2ccc3c(cc2=O)[C@H](NC(C)=O)CCc2cc(OC)c(OC)c(OC)c2-3)n1. The molecule has 252 valence electrons. The van der Waals surface area contributed by atoms with E-state index in [1.165, 1.54) is 31.4 Å². The quantitative estimate of drug-likeness (QED) is 0.204. The molecule has 1 heterocycles. The van der Waals surface area contributed by atoms with E-state index < -0.39 is 18.1 Å². The Kier molecular flexibility index (Phi) is 12.5. The lowest BCUT2D eigenvalue weighted by atomic mass is 9.95. The highest BCUT2D eigenvalue weighted by Crippen LogP contribution is 2.50. The van der Waals surface area contributed by atoms with Crippen LogP contribution >= 0.6 is 23.1 Å². The van der Waals surface area contributed by atoms with Crippen molar-refractivity contribution < 1.29 is 33.3 Å². The van der Waals surface area contributed by atoms with Gasteiger partial charge in [0.25, 0.3) is 0 Å². The van der Waals surface area contributed by atoms with Crippen LogP contribution < -0.4 is 35.6 Å². The van der Waals surface area contributed by atoms with Crippen LogP contribution in [-0.2, 0) is 32.0 Å². The number of esters is 1. The van der Waals surface area contributed by atoms with Crippen LogP contribution in [0.4, 0.5) is 10.8 Å². The molecule has 4 rings (SSSR count). The van der Waals surface area contributed by atoms with Gasteiger partial charge in [-0.05, 0) is 73.1 Å². The number of amides is 2. The number of carbonyl (C=O) groups is 3. The summed E-state index contributed by atoms with van der Waals surface area (Å²) in [4.78, 5) is 55.8. The highest BCUT2D eigenvalue weighted by atomic mass is 32.2. The molecule has 12 nitrogen and oxygen atoms in total. The summed E-state index contributed by atoms with van der Waals surface area (Å²) in [6.07, 6.45) is 3.46. The molecule has 0 saturated carbocycles. The molecular formula is C33H40N4O8S2. The summed E-state index contributed by atoms with van der Waals surface area (Å²) in [5.41, 5.74) is 3.29. The summed E-state index contributed by atoms with van der Waals surface area (Å²) >= 11 is 2.78. The second kappa shape index (κ2) is 16.5. The molecule has 0 spiro atoms. The molecular weight excluding hydrogens is 645 g/mol. The highest BCUT2D eigenvalue weighted by Gasteiger charge is 2.30. The van der Waals surface area contributed by atoms with Crippen molar-refractivity contribution in [3.8, 4) is 28.4 Å². The summed E-state index contributed by atoms with van der Waals surface area (Å²) in [5, 5.41) is 11.0. The number of anilines is 2. The van der Waals surface area contributed by atoms with E-state index in [9.17, 15) is 19.2 Å². The largest absolute Gasteiger partial charge is 0.493 e. The van der Waals surface area contributed by atoms with Crippen molar-refractivity contribution in [2.45, 2.75) is 51.6 Å². The number of methoxy groups -OCH3 is 3. The molecule has 3 aromatic rings. The third kappa shape index (κ3) is 8.55. The zero-order chi connectivity index (χ0) is 34.1. The number of rotatable bonds is 14. The molecule has 2 amide bonds. The van der Waals surface area contributed by atoms with Gasteiger partial charge >= 0.3 is 5.97 Å². The number of aryl methyl sites for hydroxylation is 1. The first kappa shape index (κ1) is 35.6. The first-order chi connectivity index (χ1) is 22.6. The van der Waals surface area contributed by atoms with E-state index in [0.717, 1.165) is 11.1 Å². The van der Waals surface area contributed by atoms with Gasteiger partial charge in [-0.1, -0.05) is 6.07 Å². The maximum Gasteiger partial charge on any atom is 0.311 e. The minimum atomic E-state index is -0.771. The molecule has 1 aliphatic carbocycles. The predicted octanol–water partition coefficient (Wildman–Crippen LogP) is 4.60. The molecule has 0 fully saturated rings. The van der Waals surface area contributed by atoms with Crippen molar-refractivity contribution in [2.24, 2.45) is 0 Å². The van der Waals surface area contributed by atoms with Gasteiger partial charge < -0.3 is 34.9 Å². The van der Waals surface area contributed by atoms with Crippen molar-refractivity contribution in [1.29, 1.82) is 0 Å². The van der Waals surface area contributed by atoms with Crippen LogP contribution in [0.2, 0.25) is 0 Å². The topological polar surface area (TPSA) is 154 Å². The van der Waals surface area contributed by atoms with Crippen molar-refractivity contribution in [2.75, 3.05) is 50.6 Å². The lowest BCUT2D eigenvalue weighted by molar-refractivity contribution is -0.142. The maximum atomic E-state index is 13.8. The predicted molar refractivity (Wildman–Crippen MR) is 184 cm³/mol. The van der Waals surface area contributed by atoms with E-state index in [1.807, 2.05) is 12.3 Å². The average molecular weight is 685 g/mol. The number of hydrogen-bond acceptors (Lipinski definition) is 12. The smallest absolute Gasteiger partial charge is 0.311 e. The molecule has 3 N–H and O–H groups in total. The number of ether oxygens (including phenoxy) is 4. The van der Waals surface area contributed by atoms with Crippen molar-refractivity contribution in [3.05, 3.63) is 56.7 Å². The Bertz CT molecular complexity index is 1680. The van der Waals surface area contributed by atoms with Gasteiger partial charge in [0.15, 0.2) is 16.6 Å². The van der Waals surface area contributed by atoms with Gasteiger partial charge in [-0.2, -0.15) is 11.8 Å². The molecule has 0 unspecified atom stereocenters. The zero-order valence-electron chi connectivity index (χ0n) is 27.3. The Morgan fingerprint density at radius 3 is 2.53 bits per heavy atom. The van der Waals surface area contributed by atoms with Crippen LogP contribution in [0.3, 0.4) is 0 Å². The normalized spacial score (nSPS) is 14.0. The standard InChI is InChI=1S/C33H40N4O8S2/c1-7-45-28(40)15-20-17-47-33(35-20)37-32(41)25(12-13-46-6)36-24-11-9-21-22(16-26(24)39)23(34-18(2)38)10-8-19-14-27(42-3)30(43-4)31(44-5)29(19)21/h9,11,14,16-17,23,25H,7-8,10,12-13,15H2,1-6H3,(H,34,38)(H,36,39)(H,35,37,41)/t23-,25-/m1/s1. The lowest BCUT2D eigenvalue weighted by Crippen LogP contribution is -2.36. The number of carbonyl (C=O) groups excluding carboxylic acids is 3. The number of nitrogens with zero attached hydrogens (tertiary/aromatic N) is 1. The number of thioether (sulfide) groups is 1. The Hall–Kier alpha value is -4.30. The van der Waals surface area contributed by atoms with Gasteiger partial charge in [0, 0.05) is 17.9 Å². The minimum absolute atomic E-state index is 0.00510. The van der Waals surface area contributed by atoms with Crippen LogP contribution in [0.1, 0.15) is 49.6 Å². The maximum absolute atomic E-state index is 13.8. The first-order valence-electron chi connectivity index (χ1n) is 15.1. The summed E-state index contributed by atoms with van der Waals surface area (Å²) in [6.45, 7) is 3.44. The Morgan fingerprint density at radius 1 is 1.11 bits per heavy atom. The monoisotopic (exact) mass is 684 g/mol. The van der Waals surface area contributed by atoms with Crippen molar-refractivity contribution >= 4 is 51.7 Å². The molecule has 14 heteroatoms. The molecule has 0 aliphatic heterocycles. The molecule has 2 atom stereocenters. The number of nitrogens with one attached hydrogen (secondary N) is 3. The lowest BCUT2D eigenvalue weighted by Gasteiger charge is -2.19. The van der Waals surface area contributed by atoms with Crippen LogP contribution in [-0.4, -0.2) is 68.8 Å². The molecule has 1 aromatic heterocycles. The Labute approximate surface area is 281 Å². The summed E-state index contributed by atoms with van der Waals surface area (Å²) < 4.78 is 22.1. The molecule has 0 bridgehead atoms. The molecule has 1 aliphatic rings. The first-order valence-corrected chi connectivity index (χ1v) is 17.3. The Balaban J connectivity index is 1.74. The number of benzene rings is 1. The number of thiazole rings is 1. The summed E-state index contributed by atoms with van der Waals surface area (Å²) in [5.74, 6) is 1.01. The van der Waals surface area contributed by atoms with Crippen LogP contribution in [0.5, 0.6) is 17.2 Å². The molecule has 0 saturated heterocycles. The van der Waals surface area contributed by atoms with Crippen molar-refractivity contribution in [3.63, 3.8) is 0 Å². The zero-order valence-corrected chi connectivity index (χ0v) is 28.9. The van der Waals surface area contributed by atoms with E-state index in [4.69, 9.17) is 18.9 Å². The fraction of sp³-hybridized carbons (Fsp3) is 0.424. The van der Waals surface area contributed by atoms with Gasteiger partial charge in [0.05, 0.1) is 51.8 Å². The van der Waals surface area contributed by atoms with E-state index in [-0.39, 0.29) is 36.0 Å². The van der Waals surface area contributed by atoms with Gasteiger partial charge in [0.2, 0.25) is 23.0 Å². The van der Waals surface area contributed by atoms with E-state index in [0.29, 0.717) is 64.2 Å².